The van der Waals surface area contributed by atoms with Gasteiger partial charge < -0.3 is 14.4 Å². The second-order valence-electron chi connectivity index (χ2n) is 9.59. The first-order chi connectivity index (χ1) is 18.0. The molecule has 0 unspecified atom stereocenters. The van der Waals surface area contributed by atoms with E-state index >= 15 is 0 Å². The molecule has 0 N–H and O–H groups in total. The fourth-order valence-electron chi connectivity index (χ4n) is 3.89. The van der Waals surface area contributed by atoms with Gasteiger partial charge in [0.25, 0.3) is 11.5 Å². The van der Waals surface area contributed by atoms with E-state index in [9.17, 15) is 19.7 Å². The van der Waals surface area contributed by atoms with Crippen LogP contribution >= 0.6 is 31.9 Å². The zero-order valence-corrected chi connectivity index (χ0v) is 24.1. The Balaban J connectivity index is 1.79. The van der Waals surface area contributed by atoms with E-state index in [1.807, 2.05) is 20.8 Å². The predicted molar refractivity (Wildman–Crippen MR) is 149 cm³/mol. The maximum Gasteiger partial charge on any atom is 0.312 e. The molecule has 2 aromatic carbocycles. The third-order valence-corrected chi connectivity index (χ3v) is 6.71. The number of ether oxygens (including phenoxy) is 2. The van der Waals surface area contributed by atoms with Gasteiger partial charge in [0, 0.05) is 39.1 Å². The average Bonchev–Trinajstić information content (AvgIpc) is 2.87. The summed E-state index contributed by atoms with van der Waals surface area (Å²) in [6.45, 7) is 6.99. The van der Waals surface area contributed by atoms with Crippen LogP contribution in [0.2, 0.25) is 0 Å². The Labute approximate surface area is 234 Å². The number of benzene rings is 2. The van der Waals surface area contributed by atoms with E-state index in [0.29, 0.717) is 52.0 Å². The number of nitrogens with zero attached hydrogens (tertiary/aromatic N) is 5. The van der Waals surface area contributed by atoms with E-state index in [2.05, 4.69) is 41.9 Å². The van der Waals surface area contributed by atoms with Crippen LogP contribution in [0.5, 0.6) is 5.75 Å². The summed E-state index contributed by atoms with van der Waals surface area (Å²) in [6, 6.07) is 8.07. The van der Waals surface area contributed by atoms with Crippen molar-refractivity contribution in [3.05, 3.63) is 71.1 Å². The second kappa shape index (κ2) is 11.3. The molecular weight excluding hydrogens is 626 g/mol. The molecule has 1 saturated heterocycles. The van der Waals surface area contributed by atoms with Gasteiger partial charge in [-0.15, -0.1) is 0 Å². The molecular formula is C25H25Br2N5O6. The van der Waals surface area contributed by atoms with Crippen LogP contribution in [0.3, 0.4) is 0 Å². The van der Waals surface area contributed by atoms with Crippen molar-refractivity contribution in [3.63, 3.8) is 0 Å². The van der Waals surface area contributed by atoms with Gasteiger partial charge in [0.05, 0.1) is 35.3 Å². The Morgan fingerprint density at radius 1 is 1.21 bits per heavy atom. The standard InChI is InChI=1S/C25H25Br2N5O6/c1-25(2,3)24-29-19-5-4-16(26)11-18(19)23(34)31(24)28-13-15-10-17(27)12-20(32(35)36)22(15)38-14-21(33)30-6-8-37-9-7-30/h4-5,10-13H,6-9,14H2,1-3H3. The van der Waals surface area contributed by atoms with Gasteiger partial charge in [0.1, 0.15) is 5.82 Å². The number of carbonyl (C=O) groups excluding carboxylic acids is 1. The summed E-state index contributed by atoms with van der Waals surface area (Å²) in [5, 5.41) is 16.6. The zero-order valence-electron chi connectivity index (χ0n) is 20.9. The van der Waals surface area contributed by atoms with Crippen molar-refractivity contribution >= 4 is 60.6 Å². The summed E-state index contributed by atoms with van der Waals surface area (Å²) in [6.07, 6.45) is 1.30. The first kappa shape index (κ1) is 27.9. The highest BCUT2D eigenvalue weighted by atomic mass is 79.9. The summed E-state index contributed by atoms with van der Waals surface area (Å²) in [5.74, 6) is -0.0441. The van der Waals surface area contributed by atoms with Crippen LogP contribution in [-0.2, 0) is 14.9 Å². The number of fused-ring (bicyclic) bond motifs is 1. The molecule has 0 spiro atoms. The molecule has 1 fully saturated rings. The minimum Gasteiger partial charge on any atom is -0.476 e. The number of nitro groups is 1. The molecule has 11 nitrogen and oxygen atoms in total. The largest absolute Gasteiger partial charge is 0.476 e. The molecule has 3 aromatic rings. The van der Waals surface area contributed by atoms with Crippen molar-refractivity contribution in [3.8, 4) is 5.75 Å². The van der Waals surface area contributed by atoms with E-state index in [0.717, 1.165) is 0 Å². The molecule has 0 atom stereocenters. The molecule has 38 heavy (non-hydrogen) atoms. The normalized spacial score (nSPS) is 14.3. The summed E-state index contributed by atoms with van der Waals surface area (Å²) in [5.41, 5.74) is -0.558. The topological polar surface area (TPSA) is 129 Å². The molecule has 0 saturated carbocycles. The van der Waals surface area contributed by atoms with E-state index in [1.165, 1.54) is 17.0 Å². The minimum absolute atomic E-state index is 0.134. The highest BCUT2D eigenvalue weighted by molar-refractivity contribution is 9.10. The third-order valence-electron chi connectivity index (χ3n) is 5.75. The summed E-state index contributed by atoms with van der Waals surface area (Å²) in [4.78, 5) is 43.6. The van der Waals surface area contributed by atoms with Gasteiger partial charge >= 0.3 is 5.69 Å². The van der Waals surface area contributed by atoms with Crippen LogP contribution in [0.25, 0.3) is 10.9 Å². The lowest BCUT2D eigenvalue weighted by Gasteiger charge is -2.26. The molecule has 1 amide bonds. The molecule has 0 bridgehead atoms. The van der Waals surface area contributed by atoms with Gasteiger partial charge in [-0.2, -0.15) is 9.78 Å². The molecule has 1 aromatic heterocycles. The van der Waals surface area contributed by atoms with E-state index in [4.69, 9.17) is 9.47 Å². The lowest BCUT2D eigenvalue weighted by Crippen LogP contribution is -2.43. The highest BCUT2D eigenvalue weighted by Crippen LogP contribution is 2.34. The Kier molecular flexibility index (Phi) is 8.28. The Hall–Kier alpha value is -3.16. The van der Waals surface area contributed by atoms with Crippen molar-refractivity contribution in [1.82, 2.24) is 14.6 Å². The van der Waals surface area contributed by atoms with Gasteiger partial charge in [-0.3, -0.25) is 19.7 Å². The van der Waals surface area contributed by atoms with Gasteiger partial charge in [-0.25, -0.2) is 4.98 Å². The van der Waals surface area contributed by atoms with Crippen molar-refractivity contribution in [2.45, 2.75) is 26.2 Å². The minimum atomic E-state index is -0.599. The predicted octanol–water partition coefficient (Wildman–Crippen LogP) is 4.25. The number of morpholine rings is 1. The summed E-state index contributed by atoms with van der Waals surface area (Å²) < 4.78 is 13.3. The van der Waals surface area contributed by atoms with Gasteiger partial charge in [0.15, 0.2) is 6.61 Å². The molecule has 4 rings (SSSR count). The lowest BCUT2D eigenvalue weighted by atomic mass is 9.95. The van der Waals surface area contributed by atoms with E-state index in [1.54, 1.807) is 29.2 Å². The number of hydrogen-bond acceptors (Lipinski definition) is 8. The molecule has 0 aliphatic carbocycles. The van der Waals surface area contributed by atoms with Gasteiger partial charge in [0.2, 0.25) is 5.75 Å². The number of amides is 1. The fourth-order valence-corrected chi connectivity index (χ4v) is 4.71. The number of hydrogen-bond donors (Lipinski definition) is 0. The Bertz CT molecular complexity index is 1490. The molecule has 1 aliphatic heterocycles. The number of nitro benzene ring substituents is 1. The molecule has 13 heteroatoms. The molecule has 200 valence electrons. The first-order valence-electron chi connectivity index (χ1n) is 11.7. The van der Waals surface area contributed by atoms with Crippen LogP contribution in [0.1, 0.15) is 32.2 Å². The average molecular weight is 651 g/mol. The second-order valence-corrected chi connectivity index (χ2v) is 11.4. The Morgan fingerprint density at radius 3 is 2.58 bits per heavy atom. The molecule has 0 radical (unpaired) electrons. The highest BCUT2D eigenvalue weighted by Gasteiger charge is 2.25. The first-order valence-corrected chi connectivity index (χ1v) is 13.3. The number of carbonyl (C=O) groups is 1. The monoisotopic (exact) mass is 649 g/mol. The number of aromatic nitrogens is 2. The fraction of sp³-hybridized carbons (Fsp3) is 0.360. The van der Waals surface area contributed by atoms with Crippen LogP contribution in [-0.4, -0.2) is 64.5 Å². The summed E-state index contributed by atoms with van der Waals surface area (Å²) in [7, 11) is 0. The van der Waals surface area contributed by atoms with Crippen LogP contribution in [0.4, 0.5) is 5.69 Å². The van der Waals surface area contributed by atoms with Crippen LogP contribution in [0, 0.1) is 10.1 Å². The van der Waals surface area contributed by atoms with Crippen LogP contribution in [0.15, 0.2) is 49.2 Å². The quantitative estimate of drug-likeness (QED) is 0.222. The van der Waals surface area contributed by atoms with Crippen molar-refractivity contribution < 1.29 is 19.2 Å². The summed E-state index contributed by atoms with van der Waals surface area (Å²) >= 11 is 6.67. The van der Waals surface area contributed by atoms with Gasteiger partial charge in [-0.1, -0.05) is 52.6 Å². The lowest BCUT2D eigenvalue weighted by molar-refractivity contribution is -0.385. The third kappa shape index (κ3) is 6.11. The van der Waals surface area contributed by atoms with Gasteiger partial charge in [-0.05, 0) is 24.3 Å². The molecule has 1 aliphatic rings. The zero-order chi connectivity index (χ0) is 27.6. The maximum atomic E-state index is 13.5. The van der Waals surface area contributed by atoms with E-state index < -0.39 is 22.5 Å². The van der Waals surface area contributed by atoms with Crippen molar-refractivity contribution in [2.75, 3.05) is 32.9 Å². The van der Waals surface area contributed by atoms with Crippen molar-refractivity contribution in [1.29, 1.82) is 0 Å². The number of rotatable bonds is 6. The number of halogens is 2. The van der Waals surface area contributed by atoms with Crippen molar-refractivity contribution in [2.24, 2.45) is 5.10 Å². The maximum absolute atomic E-state index is 13.5. The van der Waals surface area contributed by atoms with Crippen LogP contribution < -0.4 is 10.3 Å². The molecule has 2 heterocycles. The smallest absolute Gasteiger partial charge is 0.312 e. The Morgan fingerprint density at radius 2 is 1.92 bits per heavy atom. The van der Waals surface area contributed by atoms with E-state index in [-0.39, 0.29) is 22.9 Å². The SMILES string of the molecule is CC(C)(C)c1nc2ccc(Br)cc2c(=O)n1N=Cc1cc(Br)cc([N+](=O)[O-])c1OCC(=O)N1CCOCC1.